The van der Waals surface area contributed by atoms with Crippen molar-refractivity contribution in [1.29, 1.82) is 0 Å². The molecule has 0 fully saturated rings. The molecule has 16 heavy (non-hydrogen) atoms. The van der Waals surface area contributed by atoms with Crippen LogP contribution < -0.4 is 4.74 Å². The van der Waals surface area contributed by atoms with Gasteiger partial charge in [-0.25, -0.2) is 4.79 Å². The number of rotatable bonds is 4. The third-order valence-electron chi connectivity index (χ3n) is 1.73. The fourth-order valence-corrected chi connectivity index (χ4v) is 1.10. The summed E-state index contributed by atoms with van der Waals surface area (Å²) in [5.74, 6) is -1.30. The summed E-state index contributed by atoms with van der Waals surface area (Å²) in [7, 11) is 0. The molecule has 2 heterocycles. The maximum Gasteiger partial charge on any atom is 0.362 e. The van der Waals surface area contributed by atoms with Crippen molar-refractivity contribution in [2.24, 2.45) is 0 Å². The maximum atomic E-state index is 10.8. The Morgan fingerprint density at radius 1 is 1.62 bits per heavy atom. The topological polar surface area (TPSA) is 98.6 Å². The van der Waals surface area contributed by atoms with Gasteiger partial charge in [0.1, 0.15) is 6.26 Å². The van der Waals surface area contributed by atoms with Gasteiger partial charge in [-0.1, -0.05) is 5.16 Å². The molecular formula is C9H8N2O5. The molecule has 2 aromatic rings. The third kappa shape index (κ3) is 1.74. The summed E-state index contributed by atoms with van der Waals surface area (Å²) < 4.78 is 14.7. The average molecular weight is 224 g/mol. The molecule has 0 spiro atoms. The van der Waals surface area contributed by atoms with Gasteiger partial charge in [0.25, 0.3) is 5.89 Å². The van der Waals surface area contributed by atoms with Gasteiger partial charge in [0.05, 0.1) is 6.61 Å². The molecule has 7 heteroatoms. The Kier molecular flexibility index (Phi) is 2.59. The summed E-state index contributed by atoms with van der Waals surface area (Å²) in [6, 6.07) is 1.51. The van der Waals surface area contributed by atoms with Crippen molar-refractivity contribution in [1.82, 2.24) is 10.1 Å². The zero-order valence-corrected chi connectivity index (χ0v) is 8.34. The van der Waals surface area contributed by atoms with E-state index in [-0.39, 0.29) is 24.1 Å². The van der Waals surface area contributed by atoms with Crippen LogP contribution in [0.3, 0.4) is 0 Å². The molecule has 0 aromatic carbocycles. The lowest BCUT2D eigenvalue weighted by Gasteiger charge is -1.96. The van der Waals surface area contributed by atoms with Gasteiger partial charge in [0.2, 0.25) is 5.69 Å². The molecule has 0 amide bonds. The van der Waals surface area contributed by atoms with Crippen LogP contribution >= 0.6 is 0 Å². The molecule has 2 aromatic heterocycles. The van der Waals surface area contributed by atoms with Crippen LogP contribution in [0, 0.1) is 0 Å². The van der Waals surface area contributed by atoms with E-state index >= 15 is 0 Å². The second kappa shape index (κ2) is 4.05. The van der Waals surface area contributed by atoms with E-state index in [1.165, 1.54) is 12.3 Å². The summed E-state index contributed by atoms with van der Waals surface area (Å²) in [4.78, 5) is 14.6. The van der Waals surface area contributed by atoms with Crippen LogP contribution in [0.4, 0.5) is 0 Å². The van der Waals surface area contributed by atoms with E-state index in [1.807, 2.05) is 0 Å². The Morgan fingerprint density at radius 3 is 3.00 bits per heavy atom. The number of hydrogen-bond donors (Lipinski definition) is 1. The Hall–Kier alpha value is -2.31. The molecule has 0 atom stereocenters. The van der Waals surface area contributed by atoms with E-state index in [2.05, 4.69) is 14.7 Å². The molecule has 0 aliphatic heterocycles. The van der Waals surface area contributed by atoms with Crippen LogP contribution in [0.15, 0.2) is 21.3 Å². The SMILES string of the molecule is CCOc1oc(-c2ccon2)nc1C(=O)O. The number of aromatic nitrogens is 2. The van der Waals surface area contributed by atoms with Crippen molar-refractivity contribution in [3.05, 3.63) is 18.0 Å². The lowest BCUT2D eigenvalue weighted by atomic mass is 10.4. The number of carboxylic acid groups (broad SMARTS) is 1. The van der Waals surface area contributed by atoms with E-state index in [0.717, 1.165) is 0 Å². The summed E-state index contributed by atoms with van der Waals surface area (Å²) >= 11 is 0. The third-order valence-corrected chi connectivity index (χ3v) is 1.73. The fourth-order valence-electron chi connectivity index (χ4n) is 1.10. The predicted octanol–water partition coefficient (Wildman–Crippen LogP) is 1.43. The average Bonchev–Trinajstić information content (AvgIpc) is 2.83. The zero-order chi connectivity index (χ0) is 11.5. The highest BCUT2D eigenvalue weighted by atomic mass is 16.6. The highest BCUT2D eigenvalue weighted by Gasteiger charge is 2.22. The quantitative estimate of drug-likeness (QED) is 0.838. The van der Waals surface area contributed by atoms with Crippen molar-refractivity contribution in [3.63, 3.8) is 0 Å². The van der Waals surface area contributed by atoms with Gasteiger partial charge in [0.15, 0.2) is 5.69 Å². The van der Waals surface area contributed by atoms with Crippen LogP contribution in [-0.4, -0.2) is 27.8 Å². The van der Waals surface area contributed by atoms with Gasteiger partial charge in [-0.3, -0.25) is 0 Å². The van der Waals surface area contributed by atoms with Gasteiger partial charge >= 0.3 is 11.9 Å². The highest BCUT2D eigenvalue weighted by Crippen LogP contribution is 2.26. The van der Waals surface area contributed by atoms with Crippen LogP contribution in [0.1, 0.15) is 17.4 Å². The molecule has 0 saturated heterocycles. The van der Waals surface area contributed by atoms with Crippen LogP contribution in [0.2, 0.25) is 0 Å². The first kappa shape index (κ1) is 10.2. The summed E-state index contributed by atoms with van der Waals surface area (Å²) in [6.07, 6.45) is 1.33. The summed E-state index contributed by atoms with van der Waals surface area (Å²) in [5, 5.41) is 12.4. The Morgan fingerprint density at radius 2 is 2.44 bits per heavy atom. The van der Waals surface area contributed by atoms with Gasteiger partial charge in [-0.2, -0.15) is 4.98 Å². The van der Waals surface area contributed by atoms with E-state index in [1.54, 1.807) is 6.92 Å². The monoisotopic (exact) mass is 224 g/mol. The normalized spacial score (nSPS) is 10.3. The molecule has 84 valence electrons. The van der Waals surface area contributed by atoms with Gasteiger partial charge in [-0.15, -0.1) is 0 Å². The van der Waals surface area contributed by atoms with Gasteiger partial charge in [0, 0.05) is 6.07 Å². The smallest absolute Gasteiger partial charge is 0.362 e. The Balaban J connectivity index is 2.42. The van der Waals surface area contributed by atoms with Crippen LogP contribution in [-0.2, 0) is 0 Å². The second-order valence-electron chi connectivity index (χ2n) is 2.78. The highest BCUT2D eigenvalue weighted by molar-refractivity contribution is 5.88. The predicted molar refractivity (Wildman–Crippen MR) is 50.1 cm³/mol. The summed E-state index contributed by atoms with van der Waals surface area (Å²) in [6.45, 7) is 2.00. The van der Waals surface area contributed by atoms with Crippen molar-refractivity contribution in [2.75, 3.05) is 6.61 Å². The molecule has 1 N–H and O–H groups in total. The Bertz CT molecular complexity index is 488. The lowest BCUT2D eigenvalue weighted by molar-refractivity contribution is 0.0683. The van der Waals surface area contributed by atoms with Crippen LogP contribution in [0.5, 0.6) is 5.95 Å². The molecular weight excluding hydrogens is 216 g/mol. The number of carbonyl (C=O) groups is 1. The molecule has 7 nitrogen and oxygen atoms in total. The first-order valence-electron chi connectivity index (χ1n) is 4.50. The molecule has 0 unspecified atom stereocenters. The first-order chi connectivity index (χ1) is 7.72. The van der Waals surface area contributed by atoms with E-state index in [0.29, 0.717) is 5.69 Å². The number of aromatic carboxylic acids is 1. The maximum absolute atomic E-state index is 10.8. The molecule has 0 saturated carbocycles. The van der Waals surface area contributed by atoms with E-state index in [9.17, 15) is 4.79 Å². The molecule has 2 rings (SSSR count). The molecule has 0 aliphatic carbocycles. The minimum Gasteiger partial charge on any atom is -0.476 e. The molecule has 0 aliphatic rings. The fraction of sp³-hybridized carbons (Fsp3) is 0.222. The van der Waals surface area contributed by atoms with Crippen molar-refractivity contribution >= 4 is 5.97 Å². The standard InChI is InChI=1S/C9H8N2O5/c1-2-14-9-6(8(12)13)10-7(16-9)5-3-4-15-11-5/h3-4H,2H2,1H3,(H,12,13). The zero-order valence-electron chi connectivity index (χ0n) is 8.34. The number of nitrogens with zero attached hydrogens (tertiary/aromatic N) is 2. The molecule has 0 bridgehead atoms. The minimum atomic E-state index is -1.22. The lowest BCUT2D eigenvalue weighted by Crippen LogP contribution is -2.01. The van der Waals surface area contributed by atoms with Crippen molar-refractivity contribution in [3.8, 4) is 17.5 Å². The van der Waals surface area contributed by atoms with Crippen molar-refractivity contribution < 1.29 is 23.6 Å². The van der Waals surface area contributed by atoms with E-state index < -0.39 is 5.97 Å². The number of carboxylic acids is 1. The van der Waals surface area contributed by atoms with Crippen LogP contribution in [0.25, 0.3) is 11.6 Å². The van der Waals surface area contributed by atoms with Gasteiger partial charge in [-0.05, 0) is 6.92 Å². The number of ether oxygens (including phenoxy) is 1. The van der Waals surface area contributed by atoms with Crippen molar-refractivity contribution in [2.45, 2.75) is 6.92 Å². The first-order valence-corrected chi connectivity index (χ1v) is 4.50. The van der Waals surface area contributed by atoms with Gasteiger partial charge < -0.3 is 18.8 Å². The summed E-state index contributed by atoms with van der Waals surface area (Å²) in [5.41, 5.74) is 0.0355. The molecule has 0 radical (unpaired) electrons. The largest absolute Gasteiger partial charge is 0.476 e. The Labute approximate surface area is 89.6 Å². The number of hydrogen-bond acceptors (Lipinski definition) is 6. The van der Waals surface area contributed by atoms with E-state index in [4.69, 9.17) is 14.3 Å². The second-order valence-corrected chi connectivity index (χ2v) is 2.78. The minimum absolute atomic E-state index is 0.0506. The number of oxazole rings is 1.